The molecule has 0 aromatic carbocycles. The summed E-state index contributed by atoms with van der Waals surface area (Å²) < 4.78 is 25.4. The molecule has 40 heavy (non-hydrogen) atoms. The Morgan fingerprint density at radius 1 is 0.800 bits per heavy atom. The minimum atomic E-state index is -1.45. The standard InChI is InChI=1S/C26H38N2O12/c1-16(2)21(31)36-12-11-27-24(34)37-13-19(9-8-10-20(29)30)40-25(35)28-26(7,14-38-22(32)17(3)4)15-39-23(33)18(5)6/h19H,1,3,5,8-15H2,2,4,6-7H3,(H,27,34)(H,28,35)(H,29,30). The van der Waals surface area contributed by atoms with E-state index in [1.165, 1.54) is 27.7 Å². The number of amides is 2. The molecular formula is C26H38N2O12. The monoisotopic (exact) mass is 570 g/mol. The van der Waals surface area contributed by atoms with Gasteiger partial charge in [-0.05, 0) is 40.5 Å². The average molecular weight is 571 g/mol. The van der Waals surface area contributed by atoms with E-state index in [9.17, 15) is 28.8 Å². The Balaban J connectivity index is 5.22. The molecule has 0 fully saturated rings. The highest BCUT2D eigenvalue weighted by molar-refractivity contribution is 5.88. The fourth-order valence-corrected chi connectivity index (χ4v) is 2.53. The lowest BCUT2D eigenvalue weighted by Crippen LogP contribution is -2.54. The number of hydrogen-bond donors (Lipinski definition) is 3. The predicted octanol–water partition coefficient (Wildman–Crippen LogP) is 2.18. The van der Waals surface area contributed by atoms with E-state index in [0.717, 1.165) is 0 Å². The number of carboxylic acid groups (broad SMARTS) is 1. The van der Waals surface area contributed by atoms with E-state index < -0.39 is 67.5 Å². The van der Waals surface area contributed by atoms with Gasteiger partial charge in [0.1, 0.15) is 38.1 Å². The van der Waals surface area contributed by atoms with Gasteiger partial charge in [-0.2, -0.15) is 0 Å². The molecule has 3 N–H and O–H groups in total. The highest BCUT2D eigenvalue weighted by Gasteiger charge is 2.32. The van der Waals surface area contributed by atoms with E-state index >= 15 is 0 Å². The lowest BCUT2D eigenvalue weighted by molar-refractivity contribution is -0.146. The van der Waals surface area contributed by atoms with E-state index in [1.54, 1.807) is 0 Å². The summed E-state index contributed by atoms with van der Waals surface area (Å²) in [7, 11) is 0. The number of rotatable bonds is 18. The first-order valence-electron chi connectivity index (χ1n) is 12.2. The first kappa shape index (κ1) is 35.6. The number of carbonyl (C=O) groups is 6. The van der Waals surface area contributed by atoms with Crippen LogP contribution in [0.2, 0.25) is 0 Å². The molecule has 224 valence electrons. The van der Waals surface area contributed by atoms with Crippen LogP contribution >= 0.6 is 0 Å². The zero-order valence-electron chi connectivity index (χ0n) is 23.3. The molecule has 0 aliphatic heterocycles. The third kappa shape index (κ3) is 16.5. The summed E-state index contributed by atoms with van der Waals surface area (Å²) in [5.74, 6) is -3.18. The summed E-state index contributed by atoms with van der Waals surface area (Å²) in [6.07, 6.45) is -3.12. The van der Waals surface area contributed by atoms with Crippen molar-refractivity contribution >= 4 is 36.1 Å². The van der Waals surface area contributed by atoms with Gasteiger partial charge >= 0.3 is 36.1 Å². The Kier molecular flexibility index (Phi) is 16.1. The molecule has 0 aromatic rings. The van der Waals surface area contributed by atoms with Gasteiger partial charge in [-0.25, -0.2) is 24.0 Å². The second-order valence-electron chi connectivity index (χ2n) is 9.15. The van der Waals surface area contributed by atoms with Crippen LogP contribution in [-0.2, 0) is 42.9 Å². The molecule has 14 heteroatoms. The molecule has 0 heterocycles. The van der Waals surface area contributed by atoms with Crippen molar-refractivity contribution in [2.45, 2.75) is 58.6 Å². The molecule has 0 aromatic heterocycles. The van der Waals surface area contributed by atoms with Crippen LogP contribution in [0.3, 0.4) is 0 Å². The van der Waals surface area contributed by atoms with Crippen molar-refractivity contribution in [3.8, 4) is 0 Å². The minimum absolute atomic E-state index is 0.0230. The van der Waals surface area contributed by atoms with E-state index in [0.29, 0.717) is 0 Å². The smallest absolute Gasteiger partial charge is 0.408 e. The third-order valence-corrected chi connectivity index (χ3v) is 4.69. The number of hydrogen-bond acceptors (Lipinski definition) is 11. The first-order chi connectivity index (χ1) is 18.6. The van der Waals surface area contributed by atoms with Gasteiger partial charge in [-0.1, -0.05) is 19.7 Å². The Labute approximate surface area is 232 Å². The van der Waals surface area contributed by atoms with E-state index in [2.05, 4.69) is 30.4 Å². The fraction of sp³-hybridized carbons (Fsp3) is 0.538. The predicted molar refractivity (Wildman–Crippen MR) is 140 cm³/mol. The normalized spacial score (nSPS) is 11.2. The van der Waals surface area contributed by atoms with Gasteiger partial charge in [0.15, 0.2) is 0 Å². The molecule has 0 aliphatic carbocycles. The summed E-state index contributed by atoms with van der Waals surface area (Å²) in [6, 6.07) is 0. The lowest BCUT2D eigenvalue weighted by Gasteiger charge is -2.30. The van der Waals surface area contributed by atoms with Crippen molar-refractivity contribution < 1.29 is 57.6 Å². The topological polar surface area (TPSA) is 193 Å². The molecule has 0 spiro atoms. The molecule has 0 saturated heterocycles. The Bertz CT molecular complexity index is 958. The number of carboxylic acids is 1. The quantitative estimate of drug-likeness (QED) is 0.0942. The van der Waals surface area contributed by atoms with Crippen molar-refractivity contribution in [3.05, 3.63) is 36.5 Å². The van der Waals surface area contributed by atoms with Gasteiger partial charge in [-0.15, -0.1) is 0 Å². The van der Waals surface area contributed by atoms with Crippen molar-refractivity contribution in [2.75, 3.05) is 33.0 Å². The van der Waals surface area contributed by atoms with Crippen molar-refractivity contribution in [1.29, 1.82) is 0 Å². The van der Waals surface area contributed by atoms with Gasteiger partial charge in [0.05, 0.1) is 6.54 Å². The second-order valence-corrected chi connectivity index (χ2v) is 9.15. The summed E-state index contributed by atoms with van der Waals surface area (Å²) in [5.41, 5.74) is -1.04. The summed E-state index contributed by atoms with van der Waals surface area (Å²) in [5, 5.41) is 13.7. The molecule has 2 amide bonds. The van der Waals surface area contributed by atoms with Crippen LogP contribution in [0.5, 0.6) is 0 Å². The molecule has 0 bridgehead atoms. The van der Waals surface area contributed by atoms with E-state index in [4.69, 9.17) is 28.8 Å². The average Bonchev–Trinajstić information content (AvgIpc) is 2.86. The molecule has 1 atom stereocenters. The summed E-state index contributed by atoms with van der Waals surface area (Å²) in [6.45, 7) is 14.6. The molecule has 0 aliphatic rings. The molecular weight excluding hydrogens is 532 g/mol. The molecule has 1 unspecified atom stereocenters. The maximum Gasteiger partial charge on any atom is 0.408 e. The minimum Gasteiger partial charge on any atom is -0.481 e. The van der Waals surface area contributed by atoms with Gasteiger partial charge in [-0.3, -0.25) is 4.79 Å². The van der Waals surface area contributed by atoms with Crippen molar-refractivity contribution in [1.82, 2.24) is 10.6 Å². The Morgan fingerprint density at radius 2 is 1.30 bits per heavy atom. The zero-order valence-corrected chi connectivity index (χ0v) is 23.3. The number of carbonyl (C=O) groups excluding carboxylic acids is 5. The maximum atomic E-state index is 12.7. The molecule has 0 rings (SSSR count). The van der Waals surface area contributed by atoms with Crippen LogP contribution < -0.4 is 10.6 Å². The van der Waals surface area contributed by atoms with Crippen LogP contribution in [0.1, 0.15) is 47.0 Å². The van der Waals surface area contributed by atoms with Gasteiger partial charge in [0.25, 0.3) is 0 Å². The highest BCUT2D eigenvalue weighted by atomic mass is 16.6. The fourth-order valence-electron chi connectivity index (χ4n) is 2.53. The van der Waals surface area contributed by atoms with Crippen LogP contribution in [0.15, 0.2) is 36.5 Å². The van der Waals surface area contributed by atoms with Crippen molar-refractivity contribution in [3.63, 3.8) is 0 Å². The number of nitrogens with one attached hydrogen (secondary N) is 2. The Morgan fingerprint density at radius 3 is 1.77 bits per heavy atom. The number of alkyl carbamates (subject to hydrolysis) is 2. The first-order valence-corrected chi connectivity index (χ1v) is 12.2. The van der Waals surface area contributed by atoms with Gasteiger partial charge in [0.2, 0.25) is 0 Å². The molecule has 0 saturated carbocycles. The van der Waals surface area contributed by atoms with Crippen LogP contribution in [0.25, 0.3) is 0 Å². The highest BCUT2D eigenvalue weighted by Crippen LogP contribution is 2.12. The summed E-state index contributed by atoms with van der Waals surface area (Å²) >= 11 is 0. The van der Waals surface area contributed by atoms with Crippen LogP contribution in [0.4, 0.5) is 9.59 Å². The maximum absolute atomic E-state index is 12.7. The third-order valence-electron chi connectivity index (χ3n) is 4.69. The van der Waals surface area contributed by atoms with Gasteiger partial charge < -0.3 is 39.4 Å². The molecule has 14 nitrogen and oxygen atoms in total. The van der Waals surface area contributed by atoms with Crippen LogP contribution in [-0.4, -0.2) is 85.8 Å². The second kappa shape index (κ2) is 18.0. The van der Waals surface area contributed by atoms with E-state index in [1.807, 2.05) is 0 Å². The zero-order chi connectivity index (χ0) is 30.9. The van der Waals surface area contributed by atoms with Crippen molar-refractivity contribution in [2.24, 2.45) is 0 Å². The summed E-state index contributed by atoms with van der Waals surface area (Å²) in [4.78, 5) is 70.7. The van der Waals surface area contributed by atoms with Gasteiger partial charge in [0, 0.05) is 23.1 Å². The largest absolute Gasteiger partial charge is 0.481 e. The molecule has 0 radical (unpaired) electrons. The number of esters is 3. The number of aliphatic carboxylic acids is 1. The SMILES string of the molecule is C=C(C)C(=O)OCCNC(=O)OCC(CCCC(=O)O)OC(=O)NC(C)(COC(=O)C(=C)C)COC(=O)C(=C)C. The van der Waals surface area contributed by atoms with Crippen LogP contribution in [0, 0.1) is 0 Å². The van der Waals surface area contributed by atoms with E-state index in [-0.39, 0.29) is 49.1 Å². The number of ether oxygens (including phenoxy) is 5. The Hall–Kier alpha value is -4.36. The lowest BCUT2D eigenvalue weighted by atomic mass is 10.1.